The highest BCUT2D eigenvalue weighted by Gasteiger charge is 2.32. The van der Waals surface area contributed by atoms with Crippen LogP contribution < -0.4 is 16.2 Å². The number of hydrogen-bond acceptors (Lipinski definition) is 6. The van der Waals surface area contributed by atoms with E-state index in [1.807, 2.05) is 12.1 Å². The Morgan fingerprint density at radius 1 is 1.08 bits per heavy atom. The van der Waals surface area contributed by atoms with Crippen LogP contribution in [0.25, 0.3) is 11.1 Å². The number of pyridine rings is 1. The zero-order valence-corrected chi connectivity index (χ0v) is 22.0. The molecule has 6 N–H and O–H groups in total. The van der Waals surface area contributed by atoms with E-state index >= 15 is 0 Å². The first-order valence-electron chi connectivity index (χ1n) is 12.7. The van der Waals surface area contributed by atoms with Crippen LogP contribution in [0.2, 0.25) is 0 Å². The Morgan fingerprint density at radius 2 is 1.82 bits per heavy atom. The molecule has 0 bridgehead atoms. The minimum absolute atomic E-state index is 0.0655. The number of nitrogens with two attached hydrogens (primary N) is 2. The fourth-order valence-electron chi connectivity index (χ4n) is 4.81. The lowest BCUT2D eigenvalue weighted by Gasteiger charge is -2.34. The molecule has 2 aromatic carbocycles. The number of sulfonamides is 1. The molecule has 38 heavy (non-hydrogen) atoms. The molecule has 1 aliphatic rings. The minimum atomic E-state index is -4.04. The summed E-state index contributed by atoms with van der Waals surface area (Å²) < 4.78 is 29.8. The molecule has 9 nitrogen and oxygen atoms in total. The highest BCUT2D eigenvalue weighted by Crippen LogP contribution is 2.24. The van der Waals surface area contributed by atoms with Gasteiger partial charge in [-0.15, -0.1) is 0 Å². The Bertz CT molecular complexity index is 1370. The first kappa shape index (κ1) is 27.4. The molecule has 1 amide bonds. The normalized spacial score (nSPS) is 15.2. The van der Waals surface area contributed by atoms with Gasteiger partial charge in [-0.1, -0.05) is 36.4 Å². The summed E-state index contributed by atoms with van der Waals surface area (Å²) in [6.45, 7) is 1.74. The van der Waals surface area contributed by atoms with Gasteiger partial charge in [0.05, 0.1) is 4.90 Å². The number of amides is 1. The van der Waals surface area contributed by atoms with Gasteiger partial charge in [0.2, 0.25) is 15.9 Å². The van der Waals surface area contributed by atoms with Gasteiger partial charge in [0.15, 0.2) is 0 Å². The van der Waals surface area contributed by atoms with Crippen molar-refractivity contribution in [3.63, 3.8) is 0 Å². The van der Waals surface area contributed by atoms with Crippen LogP contribution in [-0.4, -0.2) is 55.7 Å². The lowest BCUT2D eigenvalue weighted by molar-refractivity contribution is -0.134. The minimum Gasteiger partial charge on any atom is -0.384 e. The van der Waals surface area contributed by atoms with E-state index in [-0.39, 0.29) is 23.1 Å². The largest absolute Gasteiger partial charge is 0.384 e. The van der Waals surface area contributed by atoms with E-state index in [4.69, 9.17) is 16.9 Å². The monoisotopic (exact) mass is 534 g/mol. The first-order valence-corrected chi connectivity index (χ1v) is 14.2. The van der Waals surface area contributed by atoms with Crippen molar-refractivity contribution in [3.05, 3.63) is 84.2 Å². The molecular formula is C28H34N6O3S. The molecule has 1 saturated heterocycles. The summed E-state index contributed by atoms with van der Waals surface area (Å²) in [5.74, 6) is 0.113. The van der Waals surface area contributed by atoms with Crippen molar-refractivity contribution in [2.45, 2.75) is 36.6 Å². The quantitative estimate of drug-likeness (QED) is 0.231. The molecule has 10 heteroatoms. The first-order chi connectivity index (χ1) is 18.3. The van der Waals surface area contributed by atoms with Crippen LogP contribution in [0.5, 0.6) is 0 Å². The second-order valence-electron chi connectivity index (χ2n) is 9.61. The van der Waals surface area contributed by atoms with Gasteiger partial charge >= 0.3 is 0 Å². The molecule has 0 aliphatic carbocycles. The van der Waals surface area contributed by atoms with Crippen LogP contribution in [0.4, 0.5) is 0 Å². The van der Waals surface area contributed by atoms with Crippen LogP contribution in [0.15, 0.2) is 78.0 Å². The number of piperidine rings is 1. The number of amidine groups is 1. The molecular weight excluding hydrogens is 500 g/mol. The van der Waals surface area contributed by atoms with Crippen LogP contribution in [0.3, 0.4) is 0 Å². The van der Waals surface area contributed by atoms with Crippen molar-refractivity contribution < 1.29 is 13.2 Å². The summed E-state index contributed by atoms with van der Waals surface area (Å²) >= 11 is 0. The Morgan fingerprint density at radius 3 is 2.50 bits per heavy atom. The number of carbonyl (C=O) groups is 1. The summed E-state index contributed by atoms with van der Waals surface area (Å²) in [5, 5.41) is 7.74. The standard InChI is InChI=1S/C28H34N6O3S/c29-12-9-20-10-14-34(15-11-20)28(35)26(17-21-4-1-6-23(16-21)27(30)31)33-38(36,37)25-8-2-5-22(18-25)24-7-3-13-32-19-24/h1-8,13,16,18-20,26,33H,9-12,14-15,17,29H2,(H3,30,31). The van der Waals surface area contributed by atoms with Gasteiger partial charge in [-0.3, -0.25) is 15.2 Å². The summed E-state index contributed by atoms with van der Waals surface area (Å²) in [4.78, 5) is 19.6. The van der Waals surface area contributed by atoms with Gasteiger partial charge in [-0.25, -0.2) is 8.42 Å². The molecule has 2 heterocycles. The Balaban J connectivity index is 1.60. The molecule has 1 aromatic heterocycles. The number of nitrogen functional groups attached to an aromatic ring is 1. The number of nitrogens with zero attached hydrogens (tertiary/aromatic N) is 2. The van der Waals surface area contributed by atoms with E-state index in [9.17, 15) is 13.2 Å². The third-order valence-electron chi connectivity index (χ3n) is 6.91. The lowest BCUT2D eigenvalue weighted by Crippen LogP contribution is -2.51. The number of likely N-dealkylation sites (tertiary alicyclic amines) is 1. The van der Waals surface area contributed by atoms with Crippen molar-refractivity contribution in [1.82, 2.24) is 14.6 Å². The van der Waals surface area contributed by atoms with Gasteiger partial charge in [0.25, 0.3) is 0 Å². The summed E-state index contributed by atoms with van der Waals surface area (Å²) in [7, 11) is -4.04. The molecule has 4 rings (SSSR count). The molecule has 1 unspecified atom stereocenters. The van der Waals surface area contributed by atoms with Crippen molar-refractivity contribution >= 4 is 21.8 Å². The van der Waals surface area contributed by atoms with Crippen molar-refractivity contribution in [2.24, 2.45) is 17.4 Å². The van der Waals surface area contributed by atoms with Crippen LogP contribution in [0, 0.1) is 11.3 Å². The molecule has 0 spiro atoms. The second kappa shape index (κ2) is 12.3. The third-order valence-corrected chi connectivity index (χ3v) is 8.38. The Labute approximate surface area is 223 Å². The zero-order chi connectivity index (χ0) is 27.1. The predicted octanol–water partition coefficient (Wildman–Crippen LogP) is 2.51. The molecule has 1 aliphatic heterocycles. The fourth-order valence-corrected chi connectivity index (χ4v) is 6.05. The maximum absolute atomic E-state index is 13.7. The van der Waals surface area contributed by atoms with E-state index in [0.29, 0.717) is 42.2 Å². The maximum Gasteiger partial charge on any atom is 0.241 e. The average molecular weight is 535 g/mol. The molecule has 0 radical (unpaired) electrons. The molecule has 3 aromatic rings. The second-order valence-corrected chi connectivity index (χ2v) is 11.3. The Hall–Kier alpha value is -3.60. The highest BCUT2D eigenvalue weighted by atomic mass is 32.2. The molecule has 1 fully saturated rings. The van der Waals surface area contributed by atoms with Gasteiger partial charge < -0.3 is 16.4 Å². The number of hydrogen-bond donors (Lipinski definition) is 4. The predicted molar refractivity (Wildman–Crippen MR) is 148 cm³/mol. The maximum atomic E-state index is 13.7. The molecule has 0 saturated carbocycles. The summed E-state index contributed by atoms with van der Waals surface area (Å²) in [6.07, 6.45) is 6.06. The van der Waals surface area contributed by atoms with E-state index in [2.05, 4.69) is 9.71 Å². The number of rotatable bonds is 10. The average Bonchev–Trinajstić information content (AvgIpc) is 2.93. The van der Waals surface area contributed by atoms with E-state index in [0.717, 1.165) is 24.8 Å². The summed E-state index contributed by atoms with van der Waals surface area (Å²) in [5.41, 5.74) is 14.1. The van der Waals surface area contributed by atoms with Gasteiger partial charge in [-0.2, -0.15) is 4.72 Å². The highest BCUT2D eigenvalue weighted by molar-refractivity contribution is 7.89. The van der Waals surface area contributed by atoms with Crippen molar-refractivity contribution in [2.75, 3.05) is 19.6 Å². The van der Waals surface area contributed by atoms with E-state index < -0.39 is 16.1 Å². The van der Waals surface area contributed by atoms with Crippen molar-refractivity contribution in [1.29, 1.82) is 5.41 Å². The smallest absolute Gasteiger partial charge is 0.241 e. The van der Waals surface area contributed by atoms with Crippen LogP contribution in [0.1, 0.15) is 30.4 Å². The lowest BCUT2D eigenvalue weighted by atomic mass is 9.93. The number of nitrogens with one attached hydrogen (secondary N) is 2. The van der Waals surface area contributed by atoms with E-state index in [1.54, 1.807) is 59.8 Å². The molecule has 1 atom stereocenters. The van der Waals surface area contributed by atoms with Gasteiger partial charge in [0, 0.05) is 36.6 Å². The number of carbonyl (C=O) groups excluding carboxylic acids is 1. The molecule has 200 valence electrons. The number of aromatic nitrogens is 1. The Kier molecular flexibility index (Phi) is 8.88. The van der Waals surface area contributed by atoms with Crippen LogP contribution >= 0.6 is 0 Å². The summed E-state index contributed by atoms with van der Waals surface area (Å²) in [6, 6.07) is 16.2. The zero-order valence-electron chi connectivity index (χ0n) is 21.2. The number of benzene rings is 2. The third kappa shape index (κ3) is 6.83. The SMILES string of the molecule is N=C(N)c1cccc(CC(NS(=O)(=O)c2cccc(-c3cccnc3)c2)C(=O)N2CCC(CCN)CC2)c1. The van der Waals surface area contributed by atoms with Crippen molar-refractivity contribution in [3.8, 4) is 11.1 Å². The van der Waals surface area contributed by atoms with Gasteiger partial charge in [0.1, 0.15) is 11.9 Å². The van der Waals surface area contributed by atoms with Gasteiger partial charge in [-0.05, 0) is 73.5 Å². The fraction of sp³-hybridized carbons (Fsp3) is 0.321. The topological polar surface area (TPSA) is 155 Å². The van der Waals surface area contributed by atoms with E-state index in [1.165, 1.54) is 6.07 Å². The van der Waals surface area contributed by atoms with Crippen LogP contribution in [-0.2, 0) is 21.2 Å².